The average molecular weight is 192 g/mol. The summed E-state index contributed by atoms with van der Waals surface area (Å²) in [6.45, 7) is 0.616. The van der Waals surface area contributed by atoms with Gasteiger partial charge in [0.1, 0.15) is 0 Å². The Morgan fingerprint density at radius 1 is 1.36 bits per heavy atom. The Balaban J connectivity index is 1.82. The van der Waals surface area contributed by atoms with Crippen molar-refractivity contribution in [2.75, 3.05) is 5.73 Å². The summed E-state index contributed by atoms with van der Waals surface area (Å²) < 4.78 is 5.73. The lowest BCUT2D eigenvalue weighted by Crippen LogP contribution is -2.07. The van der Waals surface area contributed by atoms with E-state index < -0.39 is 0 Å². The molecule has 0 radical (unpaired) electrons. The summed E-state index contributed by atoms with van der Waals surface area (Å²) in [4.78, 5) is 4.19. The summed E-state index contributed by atoms with van der Waals surface area (Å²) in [5, 5.41) is 0. The van der Waals surface area contributed by atoms with Crippen LogP contribution in [0, 0.1) is 0 Å². The summed E-state index contributed by atoms with van der Waals surface area (Å²) in [7, 11) is 0. The Hall–Kier alpha value is -1.09. The average Bonchev–Trinajstić information content (AvgIpc) is 2.70. The molecule has 1 fully saturated rings. The number of ether oxygens (including phenoxy) is 1. The molecule has 76 valence electrons. The highest BCUT2D eigenvalue weighted by atomic mass is 16.5. The van der Waals surface area contributed by atoms with E-state index in [1.165, 1.54) is 25.7 Å². The third-order valence-electron chi connectivity index (χ3n) is 2.62. The van der Waals surface area contributed by atoms with Crippen molar-refractivity contribution in [2.24, 2.45) is 0 Å². The highest BCUT2D eigenvalue weighted by molar-refractivity contribution is 5.34. The molecule has 0 unspecified atom stereocenters. The molecule has 3 nitrogen and oxygen atoms in total. The maximum absolute atomic E-state index is 5.73. The summed E-state index contributed by atoms with van der Waals surface area (Å²) in [5.74, 6) is 0. The molecule has 1 saturated carbocycles. The van der Waals surface area contributed by atoms with Gasteiger partial charge in [-0.1, -0.05) is 12.8 Å². The van der Waals surface area contributed by atoms with Gasteiger partial charge in [-0.05, 0) is 25.0 Å². The first-order valence-electron chi connectivity index (χ1n) is 5.16. The van der Waals surface area contributed by atoms with Crippen LogP contribution in [0.15, 0.2) is 18.3 Å². The summed E-state index contributed by atoms with van der Waals surface area (Å²) in [6.07, 6.45) is 7.14. The molecule has 0 amide bonds. The third kappa shape index (κ3) is 2.45. The molecule has 1 aliphatic carbocycles. The van der Waals surface area contributed by atoms with E-state index >= 15 is 0 Å². The van der Waals surface area contributed by atoms with Crippen molar-refractivity contribution >= 4 is 5.69 Å². The molecule has 1 aliphatic rings. The van der Waals surface area contributed by atoms with Crippen molar-refractivity contribution < 1.29 is 4.74 Å². The molecule has 0 saturated heterocycles. The second-order valence-electron chi connectivity index (χ2n) is 3.80. The molecule has 0 atom stereocenters. The van der Waals surface area contributed by atoms with Crippen LogP contribution in [0.1, 0.15) is 31.4 Å². The first-order valence-corrected chi connectivity index (χ1v) is 5.16. The van der Waals surface area contributed by atoms with Gasteiger partial charge in [0, 0.05) is 0 Å². The van der Waals surface area contributed by atoms with Crippen molar-refractivity contribution in [2.45, 2.75) is 38.4 Å². The van der Waals surface area contributed by atoms with Gasteiger partial charge in [-0.25, -0.2) is 0 Å². The van der Waals surface area contributed by atoms with Gasteiger partial charge in [0.15, 0.2) is 0 Å². The minimum atomic E-state index is 0.453. The van der Waals surface area contributed by atoms with Crippen LogP contribution in [-0.2, 0) is 11.3 Å². The van der Waals surface area contributed by atoms with Crippen molar-refractivity contribution in [3.63, 3.8) is 0 Å². The highest BCUT2D eigenvalue weighted by Crippen LogP contribution is 2.21. The summed E-state index contributed by atoms with van der Waals surface area (Å²) in [6, 6.07) is 3.78. The molecular formula is C11H16N2O. The van der Waals surface area contributed by atoms with Crippen molar-refractivity contribution in [1.82, 2.24) is 4.98 Å². The molecule has 14 heavy (non-hydrogen) atoms. The first kappa shape index (κ1) is 9.46. The second kappa shape index (κ2) is 4.42. The fraction of sp³-hybridized carbons (Fsp3) is 0.545. The molecule has 0 spiro atoms. The minimum absolute atomic E-state index is 0.453. The monoisotopic (exact) mass is 192 g/mol. The fourth-order valence-electron chi connectivity index (χ4n) is 1.78. The molecule has 1 heterocycles. The topological polar surface area (TPSA) is 48.1 Å². The fourth-order valence-corrected chi connectivity index (χ4v) is 1.78. The number of nitrogens with two attached hydrogens (primary N) is 1. The maximum atomic E-state index is 5.73. The SMILES string of the molecule is Nc1ccc(COC2CCCC2)nc1. The quantitative estimate of drug-likeness (QED) is 0.798. The number of nitrogen functional groups attached to an aromatic ring is 1. The van der Waals surface area contributed by atoms with Crippen molar-refractivity contribution in [3.05, 3.63) is 24.0 Å². The molecule has 0 bridgehead atoms. The van der Waals surface area contributed by atoms with Crippen LogP contribution < -0.4 is 5.73 Å². The molecule has 0 aliphatic heterocycles. The van der Waals surface area contributed by atoms with Gasteiger partial charge in [0.05, 0.1) is 30.3 Å². The molecule has 2 N–H and O–H groups in total. The van der Waals surface area contributed by atoms with Crippen LogP contribution in [0.5, 0.6) is 0 Å². The Labute approximate surface area is 84.3 Å². The zero-order valence-electron chi connectivity index (χ0n) is 8.28. The minimum Gasteiger partial charge on any atom is -0.397 e. The zero-order chi connectivity index (χ0) is 9.80. The number of anilines is 1. The molecular weight excluding hydrogens is 176 g/mol. The lowest BCUT2D eigenvalue weighted by atomic mass is 10.3. The van der Waals surface area contributed by atoms with Gasteiger partial charge in [0.25, 0.3) is 0 Å². The van der Waals surface area contributed by atoms with E-state index in [4.69, 9.17) is 10.5 Å². The largest absolute Gasteiger partial charge is 0.397 e. The normalized spacial score (nSPS) is 17.4. The van der Waals surface area contributed by atoms with Crippen LogP contribution in [0.25, 0.3) is 0 Å². The van der Waals surface area contributed by atoms with Crippen LogP contribution in [0.3, 0.4) is 0 Å². The first-order chi connectivity index (χ1) is 6.84. The lowest BCUT2D eigenvalue weighted by molar-refractivity contribution is 0.0438. The number of hydrogen-bond donors (Lipinski definition) is 1. The van der Waals surface area contributed by atoms with E-state index in [-0.39, 0.29) is 0 Å². The number of rotatable bonds is 3. The number of aromatic nitrogens is 1. The Morgan fingerprint density at radius 3 is 2.79 bits per heavy atom. The zero-order valence-corrected chi connectivity index (χ0v) is 8.28. The highest BCUT2D eigenvalue weighted by Gasteiger charge is 2.15. The van der Waals surface area contributed by atoms with Gasteiger partial charge in [-0.3, -0.25) is 4.98 Å². The van der Waals surface area contributed by atoms with Crippen LogP contribution in [-0.4, -0.2) is 11.1 Å². The molecule has 0 aromatic carbocycles. The van der Waals surface area contributed by atoms with Crippen molar-refractivity contribution in [1.29, 1.82) is 0 Å². The number of nitrogens with zero attached hydrogens (tertiary/aromatic N) is 1. The molecule has 1 aromatic rings. The predicted octanol–water partition coefficient (Wildman–Crippen LogP) is 2.12. The second-order valence-corrected chi connectivity index (χ2v) is 3.80. The Kier molecular flexibility index (Phi) is 2.99. The van der Waals surface area contributed by atoms with Crippen LogP contribution in [0.2, 0.25) is 0 Å². The van der Waals surface area contributed by atoms with E-state index in [9.17, 15) is 0 Å². The van der Waals surface area contributed by atoms with Crippen LogP contribution in [0.4, 0.5) is 5.69 Å². The van der Waals surface area contributed by atoms with E-state index in [0.717, 1.165) is 5.69 Å². The Morgan fingerprint density at radius 2 is 2.14 bits per heavy atom. The van der Waals surface area contributed by atoms with E-state index in [1.54, 1.807) is 6.20 Å². The van der Waals surface area contributed by atoms with Gasteiger partial charge in [-0.2, -0.15) is 0 Å². The van der Waals surface area contributed by atoms with E-state index in [2.05, 4.69) is 4.98 Å². The molecule has 2 rings (SSSR count). The van der Waals surface area contributed by atoms with Gasteiger partial charge >= 0.3 is 0 Å². The smallest absolute Gasteiger partial charge is 0.0891 e. The Bertz CT molecular complexity index is 278. The molecule has 3 heteroatoms. The third-order valence-corrected chi connectivity index (χ3v) is 2.62. The van der Waals surface area contributed by atoms with Gasteiger partial charge in [0.2, 0.25) is 0 Å². The lowest BCUT2D eigenvalue weighted by Gasteiger charge is -2.10. The molecule has 1 aromatic heterocycles. The maximum Gasteiger partial charge on any atom is 0.0891 e. The predicted molar refractivity (Wildman–Crippen MR) is 55.7 cm³/mol. The van der Waals surface area contributed by atoms with Crippen molar-refractivity contribution in [3.8, 4) is 0 Å². The van der Waals surface area contributed by atoms with E-state index in [1.807, 2.05) is 12.1 Å². The summed E-state index contributed by atoms with van der Waals surface area (Å²) in [5.41, 5.74) is 7.21. The van der Waals surface area contributed by atoms with Gasteiger partial charge < -0.3 is 10.5 Å². The van der Waals surface area contributed by atoms with E-state index in [0.29, 0.717) is 18.4 Å². The number of pyridine rings is 1. The standard InChI is InChI=1S/C11H16N2O/c12-9-5-6-10(13-7-9)8-14-11-3-1-2-4-11/h5-7,11H,1-4,8,12H2. The number of hydrogen-bond acceptors (Lipinski definition) is 3. The summed E-state index contributed by atoms with van der Waals surface area (Å²) >= 11 is 0. The van der Waals surface area contributed by atoms with Gasteiger partial charge in [-0.15, -0.1) is 0 Å². The van der Waals surface area contributed by atoms with Crippen LogP contribution >= 0.6 is 0 Å².